The van der Waals surface area contributed by atoms with Crippen LogP contribution in [0.2, 0.25) is 0 Å². The molecule has 0 bridgehead atoms. The lowest BCUT2D eigenvalue weighted by Crippen LogP contribution is -2.31. The molecular weight excluding hydrogens is 166 g/mol. The maximum absolute atomic E-state index is 10.9. The molecule has 0 aromatic heterocycles. The van der Waals surface area contributed by atoms with E-state index < -0.39 is 0 Å². The fraction of sp³-hybridized carbons (Fsp3) is 0.444. The van der Waals surface area contributed by atoms with E-state index >= 15 is 0 Å². The van der Waals surface area contributed by atoms with Crippen molar-refractivity contribution in [2.45, 2.75) is 12.5 Å². The number of carbonyl (C=O) groups excluding carboxylic acids is 1. The molecule has 0 spiro atoms. The van der Waals surface area contributed by atoms with Crippen molar-refractivity contribution in [2.75, 3.05) is 14.1 Å². The van der Waals surface area contributed by atoms with Gasteiger partial charge in [-0.15, -0.1) is 0 Å². The number of nitrogens with two attached hydrogens (primary N) is 1. The van der Waals surface area contributed by atoms with Crippen LogP contribution in [0.3, 0.4) is 0 Å². The van der Waals surface area contributed by atoms with Gasteiger partial charge in [-0.3, -0.25) is 4.79 Å². The predicted octanol–water partition coefficient (Wildman–Crippen LogP) is -0.507. The van der Waals surface area contributed by atoms with E-state index in [9.17, 15) is 4.79 Å². The van der Waals surface area contributed by atoms with Crippen molar-refractivity contribution in [1.29, 1.82) is 0 Å². The molecule has 1 unspecified atom stereocenters. The first kappa shape index (κ1) is 9.80. The Balaban J connectivity index is 2.84. The van der Waals surface area contributed by atoms with Crippen molar-refractivity contribution in [1.82, 2.24) is 10.6 Å². The van der Waals surface area contributed by atoms with E-state index in [-0.39, 0.29) is 11.9 Å². The molecule has 0 saturated carbocycles. The molecule has 1 amide bonds. The Labute approximate surface area is 77.9 Å². The van der Waals surface area contributed by atoms with Crippen molar-refractivity contribution in [3.8, 4) is 0 Å². The zero-order valence-corrected chi connectivity index (χ0v) is 7.92. The zero-order valence-electron chi connectivity index (χ0n) is 7.92. The van der Waals surface area contributed by atoms with Gasteiger partial charge in [-0.2, -0.15) is 0 Å². The molecule has 4 nitrogen and oxygen atoms in total. The van der Waals surface area contributed by atoms with Crippen LogP contribution in [0.1, 0.15) is 6.42 Å². The number of hydrogen-bond donors (Lipinski definition) is 3. The van der Waals surface area contributed by atoms with Crippen LogP contribution in [-0.2, 0) is 4.79 Å². The van der Waals surface area contributed by atoms with Gasteiger partial charge in [-0.25, -0.2) is 0 Å². The van der Waals surface area contributed by atoms with Crippen molar-refractivity contribution in [3.63, 3.8) is 0 Å². The van der Waals surface area contributed by atoms with Crippen LogP contribution in [0.15, 0.2) is 23.4 Å². The zero-order chi connectivity index (χ0) is 9.84. The fourth-order valence-electron chi connectivity index (χ4n) is 1.32. The Kier molecular flexibility index (Phi) is 3.08. The molecule has 1 rings (SSSR count). The molecule has 1 aliphatic rings. The van der Waals surface area contributed by atoms with Crippen LogP contribution < -0.4 is 16.4 Å². The summed E-state index contributed by atoms with van der Waals surface area (Å²) < 4.78 is 0. The molecule has 1 atom stereocenters. The topological polar surface area (TPSA) is 67.2 Å². The molecule has 0 aromatic carbocycles. The van der Waals surface area contributed by atoms with Crippen LogP contribution in [0.25, 0.3) is 0 Å². The fourth-order valence-corrected chi connectivity index (χ4v) is 1.32. The highest BCUT2D eigenvalue weighted by Gasteiger charge is 2.16. The summed E-state index contributed by atoms with van der Waals surface area (Å²) in [5.74, 6) is -0.346. The van der Waals surface area contributed by atoms with Crippen molar-refractivity contribution >= 4 is 5.91 Å². The number of allylic oxidation sites excluding steroid dienone is 1. The monoisotopic (exact) mass is 181 g/mol. The summed E-state index contributed by atoms with van der Waals surface area (Å²) in [6, 6.07) is 0.190. The summed E-state index contributed by atoms with van der Waals surface area (Å²) >= 11 is 0. The SMILES string of the molecule is CNC1=CC(NC)CC(C(N)=O)=C1. The minimum absolute atomic E-state index is 0.190. The molecule has 4 N–H and O–H groups in total. The third-order valence-electron chi connectivity index (χ3n) is 2.13. The first-order valence-electron chi connectivity index (χ1n) is 4.24. The number of likely N-dealkylation sites (N-methyl/N-ethyl adjacent to an activating group) is 2. The second kappa shape index (κ2) is 4.09. The van der Waals surface area contributed by atoms with E-state index in [0.717, 1.165) is 5.70 Å². The predicted molar refractivity (Wildman–Crippen MR) is 51.9 cm³/mol. The Morgan fingerprint density at radius 3 is 2.77 bits per heavy atom. The van der Waals surface area contributed by atoms with Gasteiger partial charge in [0, 0.05) is 24.4 Å². The van der Waals surface area contributed by atoms with Crippen molar-refractivity contribution in [2.24, 2.45) is 5.73 Å². The number of rotatable bonds is 3. The van der Waals surface area contributed by atoms with Gasteiger partial charge >= 0.3 is 0 Å². The van der Waals surface area contributed by atoms with E-state index in [2.05, 4.69) is 10.6 Å². The number of primary amides is 1. The van der Waals surface area contributed by atoms with Crippen LogP contribution in [0.5, 0.6) is 0 Å². The molecule has 13 heavy (non-hydrogen) atoms. The van der Waals surface area contributed by atoms with Crippen LogP contribution in [0.4, 0.5) is 0 Å². The van der Waals surface area contributed by atoms with E-state index in [1.165, 1.54) is 0 Å². The normalized spacial score (nSPS) is 21.8. The maximum Gasteiger partial charge on any atom is 0.244 e. The van der Waals surface area contributed by atoms with Gasteiger partial charge in [0.15, 0.2) is 0 Å². The lowest BCUT2D eigenvalue weighted by atomic mass is 9.98. The highest BCUT2D eigenvalue weighted by molar-refractivity contribution is 5.92. The smallest absolute Gasteiger partial charge is 0.244 e. The summed E-state index contributed by atoms with van der Waals surface area (Å²) in [6.45, 7) is 0. The number of amides is 1. The second-order valence-corrected chi connectivity index (χ2v) is 3.01. The molecule has 0 heterocycles. The second-order valence-electron chi connectivity index (χ2n) is 3.01. The Morgan fingerprint density at radius 1 is 1.62 bits per heavy atom. The first-order chi connectivity index (χ1) is 6.17. The summed E-state index contributed by atoms with van der Waals surface area (Å²) in [4.78, 5) is 10.9. The largest absolute Gasteiger partial charge is 0.388 e. The van der Waals surface area contributed by atoms with E-state index in [0.29, 0.717) is 12.0 Å². The molecule has 4 heteroatoms. The average Bonchev–Trinajstić information content (AvgIpc) is 2.16. The standard InChI is InChI=1S/C9H15N3O/c1-11-7-3-6(9(10)13)4-8(5-7)12-2/h3,5,8,11-12H,4H2,1-2H3,(H2,10,13). The summed E-state index contributed by atoms with van der Waals surface area (Å²) in [6.07, 6.45) is 4.49. The Morgan fingerprint density at radius 2 is 2.31 bits per heavy atom. The first-order valence-corrected chi connectivity index (χ1v) is 4.24. The molecular formula is C9H15N3O. The molecule has 0 fully saturated rings. The minimum atomic E-state index is -0.346. The van der Waals surface area contributed by atoms with Crippen LogP contribution in [-0.4, -0.2) is 26.0 Å². The van der Waals surface area contributed by atoms with Crippen LogP contribution >= 0.6 is 0 Å². The molecule has 72 valence electrons. The lowest BCUT2D eigenvalue weighted by Gasteiger charge is -2.19. The van der Waals surface area contributed by atoms with E-state index in [1.54, 1.807) is 6.08 Å². The average molecular weight is 181 g/mol. The summed E-state index contributed by atoms with van der Waals surface area (Å²) in [7, 11) is 3.68. The lowest BCUT2D eigenvalue weighted by molar-refractivity contribution is -0.114. The number of nitrogens with one attached hydrogen (secondary N) is 2. The summed E-state index contributed by atoms with van der Waals surface area (Å²) in [5, 5.41) is 6.08. The van der Waals surface area contributed by atoms with Gasteiger partial charge in [0.25, 0.3) is 0 Å². The molecule has 0 saturated heterocycles. The molecule has 1 aliphatic carbocycles. The van der Waals surface area contributed by atoms with Gasteiger partial charge in [0.2, 0.25) is 5.91 Å². The quantitative estimate of drug-likeness (QED) is 0.549. The van der Waals surface area contributed by atoms with Crippen molar-refractivity contribution in [3.05, 3.63) is 23.4 Å². The van der Waals surface area contributed by atoms with E-state index in [4.69, 9.17) is 5.73 Å². The third-order valence-corrected chi connectivity index (χ3v) is 2.13. The maximum atomic E-state index is 10.9. The number of carbonyl (C=O) groups is 1. The molecule has 0 aromatic rings. The highest BCUT2D eigenvalue weighted by atomic mass is 16.1. The molecule has 0 radical (unpaired) electrons. The Bertz CT molecular complexity index is 268. The highest BCUT2D eigenvalue weighted by Crippen LogP contribution is 2.15. The minimum Gasteiger partial charge on any atom is -0.388 e. The van der Waals surface area contributed by atoms with Gasteiger partial charge in [0.05, 0.1) is 0 Å². The van der Waals surface area contributed by atoms with Crippen LogP contribution in [0, 0.1) is 0 Å². The third kappa shape index (κ3) is 2.32. The Hall–Kier alpha value is -1.29. The van der Waals surface area contributed by atoms with Gasteiger partial charge in [-0.05, 0) is 25.6 Å². The van der Waals surface area contributed by atoms with Gasteiger partial charge < -0.3 is 16.4 Å². The molecule has 0 aliphatic heterocycles. The van der Waals surface area contributed by atoms with Gasteiger partial charge in [-0.1, -0.05) is 0 Å². The van der Waals surface area contributed by atoms with Crippen molar-refractivity contribution < 1.29 is 4.79 Å². The van der Waals surface area contributed by atoms with E-state index in [1.807, 2.05) is 20.2 Å². The van der Waals surface area contributed by atoms with Gasteiger partial charge in [0.1, 0.15) is 0 Å². The number of hydrogen-bond acceptors (Lipinski definition) is 3. The summed E-state index contributed by atoms with van der Waals surface area (Å²) in [5.41, 5.74) is 6.80.